The number of nitrogens with zero attached hydrogens (tertiary/aromatic N) is 1. The Balaban J connectivity index is 2.28. The van der Waals surface area contributed by atoms with E-state index in [0.29, 0.717) is 6.04 Å². The average Bonchev–Trinajstić information content (AvgIpc) is 1.77. The number of ether oxygens (including phenoxy) is 1. The van der Waals surface area contributed by atoms with Crippen LogP contribution in [-0.2, 0) is 4.74 Å². The monoisotopic (exact) mass is 135 g/mol. The first kappa shape index (κ1) is 6.33. The van der Waals surface area contributed by atoms with Gasteiger partial charge in [0.2, 0.25) is 0 Å². The van der Waals surface area contributed by atoms with Crippen LogP contribution in [0.5, 0.6) is 0 Å². The van der Waals surface area contributed by atoms with Gasteiger partial charge in [0.15, 0.2) is 0 Å². The van der Waals surface area contributed by atoms with E-state index in [-0.39, 0.29) is 0 Å². The Labute approximate surface area is 54.5 Å². The van der Waals surface area contributed by atoms with Crippen LogP contribution in [0, 0.1) is 0 Å². The summed E-state index contributed by atoms with van der Waals surface area (Å²) in [7, 11) is 0. The summed E-state index contributed by atoms with van der Waals surface area (Å²) >= 11 is 5.72. The second-order valence-corrected chi connectivity index (χ2v) is 2.48. The first-order valence-corrected chi connectivity index (χ1v) is 3.14. The molecule has 1 rings (SSSR count). The van der Waals surface area contributed by atoms with Crippen LogP contribution in [0.2, 0.25) is 0 Å². The molecular weight excluding hydrogens is 126 g/mol. The Kier molecular flexibility index (Phi) is 2.11. The summed E-state index contributed by atoms with van der Waals surface area (Å²) in [5.74, 6) is 0. The molecule has 0 spiro atoms. The van der Waals surface area contributed by atoms with Crippen molar-refractivity contribution in [1.82, 2.24) is 4.42 Å². The fourth-order valence-corrected chi connectivity index (χ4v) is 0.832. The topological polar surface area (TPSA) is 12.5 Å². The lowest BCUT2D eigenvalue weighted by atomic mass is 10.3. The Morgan fingerprint density at radius 2 is 2.50 bits per heavy atom. The maximum atomic E-state index is 5.72. The van der Waals surface area contributed by atoms with Gasteiger partial charge in [-0.15, -0.1) is 0 Å². The molecule has 0 aromatic heterocycles. The molecule has 8 heavy (non-hydrogen) atoms. The fourth-order valence-electron chi connectivity index (χ4n) is 0.707. The van der Waals surface area contributed by atoms with Gasteiger partial charge in [0.1, 0.15) is 0 Å². The largest absolute Gasteiger partial charge is 0.378 e. The van der Waals surface area contributed by atoms with E-state index in [1.165, 1.54) is 0 Å². The van der Waals surface area contributed by atoms with Crippen LogP contribution in [-0.4, -0.2) is 30.2 Å². The summed E-state index contributed by atoms with van der Waals surface area (Å²) in [6.45, 7) is 4.44. The van der Waals surface area contributed by atoms with E-state index in [1.807, 2.05) is 6.92 Å². The first-order valence-electron chi connectivity index (χ1n) is 2.81. The predicted octanol–water partition coefficient (Wildman–Crippen LogP) is 0.861. The van der Waals surface area contributed by atoms with Gasteiger partial charge in [-0.25, -0.2) is 4.42 Å². The summed E-state index contributed by atoms with van der Waals surface area (Å²) in [5, 5.41) is 0. The molecule has 1 atom stereocenters. The Morgan fingerprint density at radius 1 is 1.75 bits per heavy atom. The third-order valence-corrected chi connectivity index (χ3v) is 1.79. The highest BCUT2D eigenvalue weighted by Gasteiger charge is 2.15. The summed E-state index contributed by atoms with van der Waals surface area (Å²) < 4.78 is 6.91. The van der Waals surface area contributed by atoms with Gasteiger partial charge in [-0.3, -0.25) is 0 Å². The van der Waals surface area contributed by atoms with E-state index in [0.717, 1.165) is 19.8 Å². The van der Waals surface area contributed by atoms with Crippen LogP contribution >= 0.6 is 11.8 Å². The molecule has 1 heterocycles. The summed E-state index contributed by atoms with van der Waals surface area (Å²) in [6.07, 6.45) is 0. The minimum atomic E-state index is 0.380. The van der Waals surface area contributed by atoms with Crippen molar-refractivity contribution >= 4 is 11.8 Å². The lowest BCUT2D eigenvalue weighted by Crippen LogP contribution is -2.37. The SMILES string of the molecule is C[C@@H]1COCCN1Cl. The van der Waals surface area contributed by atoms with E-state index in [1.54, 1.807) is 4.42 Å². The number of hydrogen-bond donors (Lipinski definition) is 0. The summed E-state index contributed by atoms with van der Waals surface area (Å²) in [4.78, 5) is 0. The van der Waals surface area contributed by atoms with Crippen LogP contribution in [0.25, 0.3) is 0 Å². The zero-order chi connectivity index (χ0) is 5.98. The molecule has 0 aromatic rings. The van der Waals surface area contributed by atoms with Crippen molar-refractivity contribution < 1.29 is 4.74 Å². The summed E-state index contributed by atoms with van der Waals surface area (Å²) in [6, 6.07) is 0.380. The normalized spacial score (nSPS) is 33.0. The molecule has 0 bridgehead atoms. The molecule has 0 radical (unpaired) electrons. The molecule has 0 aliphatic carbocycles. The van der Waals surface area contributed by atoms with Crippen molar-refractivity contribution in [3.63, 3.8) is 0 Å². The number of morpholine rings is 1. The van der Waals surface area contributed by atoms with Gasteiger partial charge >= 0.3 is 0 Å². The van der Waals surface area contributed by atoms with Gasteiger partial charge in [0, 0.05) is 12.6 Å². The van der Waals surface area contributed by atoms with Gasteiger partial charge in [-0.2, -0.15) is 0 Å². The molecule has 1 fully saturated rings. The first-order chi connectivity index (χ1) is 3.80. The molecule has 1 aliphatic heterocycles. The number of rotatable bonds is 0. The maximum absolute atomic E-state index is 5.72. The van der Waals surface area contributed by atoms with Gasteiger partial charge in [0.05, 0.1) is 13.2 Å². The molecule has 0 N–H and O–H groups in total. The molecule has 0 aromatic carbocycles. The van der Waals surface area contributed by atoms with Gasteiger partial charge < -0.3 is 4.74 Å². The fraction of sp³-hybridized carbons (Fsp3) is 1.00. The van der Waals surface area contributed by atoms with Gasteiger partial charge in [-0.05, 0) is 18.7 Å². The second-order valence-electron chi connectivity index (χ2n) is 2.05. The second kappa shape index (κ2) is 2.67. The van der Waals surface area contributed by atoms with Crippen LogP contribution in [0.15, 0.2) is 0 Å². The minimum absolute atomic E-state index is 0.380. The van der Waals surface area contributed by atoms with E-state index in [9.17, 15) is 0 Å². The average molecular weight is 136 g/mol. The van der Waals surface area contributed by atoms with Gasteiger partial charge in [0.25, 0.3) is 0 Å². The molecule has 0 saturated carbocycles. The van der Waals surface area contributed by atoms with Crippen LogP contribution in [0.3, 0.4) is 0 Å². The zero-order valence-corrected chi connectivity index (χ0v) is 5.69. The van der Waals surface area contributed by atoms with E-state index >= 15 is 0 Å². The highest BCUT2D eigenvalue weighted by atomic mass is 35.5. The van der Waals surface area contributed by atoms with Crippen molar-refractivity contribution in [2.75, 3.05) is 19.8 Å². The van der Waals surface area contributed by atoms with Crippen molar-refractivity contribution in [3.8, 4) is 0 Å². The van der Waals surface area contributed by atoms with Crippen molar-refractivity contribution in [2.24, 2.45) is 0 Å². The van der Waals surface area contributed by atoms with Crippen LogP contribution in [0.1, 0.15) is 6.92 Å². The van der Waals surface area contributed by atoms with Crippen LogP contribution in [0.4, 0.5) is 0 Å². The molecule has 3 heteroatoms. The third-order valence-electron chi connectivity index (χ3n) is 1.29. The highest BCUT2D eigenvalue weighted by Crippen LogP contribution is 2.07. The predicted molar refractivity (Wildman–Crippen MR) is 32.8 cm³/mol. The minimum Gasteiger partial charge on any atom is -0.378 e. The van der Waals surface area contributed by atoms with E-state index in [4.69, 9.17) is 16.5 Å². The van der Waals surface area contributed by atoms with Crippen molar-refractivity contribution in [2.45, 2.75) is 13.0 Å². The van der Waals surface area contributed by atoms with E-state index in [2.05, 4.69) is 0 Å². The van der Waals surface area contributed by atoms with Crippen molar-refractivity contribution in [1.29, 1.82) is 0 Å². The molecule has 1 aliphatic rings. The number of halogens is 1. The lowest BCUT2D eigenvalue weighted by Gasteiger charge is -2.26. The number of hydrogen-bond acceptors (Lipinski definition) is 2. The smallest absolute Gasteiger partial charge is 0.0632 e. The van der Waals surface area contributed by atoms with Crippen LogP contribution < -0.4 is 0 Å². The molecule has 1 saturated heterocycles. The Morgan fingerprint density at radius 3 is 2.88 bits per heavy atom. The Bertz CT molecular complexity index is 68.8. The maximum Gasteiger partial charge on any atom is 0.0632 e. The molecule has 0 unspecified atom stereocenters. The van der Waals surface area contributed by atoms with Crippen molar-refractivity contribution in [3.05, 3.63) is 0 Å². The summed E-state index contributed by atoms with van der Waals surface area (Å²) in [5.41, 5.74) is 0. The standard InChI is InChI=1S/C5H10ClNO/c1-5-4-8-3-2-7(5)6/h5H,2-4H2,1H3/t5-/m1/s1. The molecular formula is C5H10ClNO. The van der Waals surface area contributed by atoms with Gasteiger partial charge in [-0.1, -0.05) is 0 Å². The molecule has 48 valence electrons. The molecule has 0 amide bonds. The highest BCUT2D eigenvalue weighted by molar-refractivity contribution is 6.13. The third kappa shape index (κ3) is 1.34. The molecule has 2 nitrogen and oxygen atoms in total. The van der Waals surface area contributed by atoms with E-state index < -0.39 is 0 Å². The lowest BCUT2D eigenvalue weighted by molar-refractivity contribution is 0.0404. The quantitative estimate of drug-likeness (QED) is 0.457. The Hall–Kier alpha value is 0.210. The zero-order valence-electron chi connectivity index (χ0n) is 4.93.